The van der Waals surface area contributed by atoms with Gasteiger partial charge in [-0.05, 0) is 35.9 Å². The third-order valence-electron chi connectivity index (χ3n) is 5.36. The first-order chi connectivity index (χ1) is 14.8. The van der Waals surface area contributed by atoms with E-state index in [1.54, 1.807) is 6.07 Å². The number of benzene rings is 2. The number of carbonyl (C=O) groups excluding carboxylic acids is 1. The van der Waals surface area contributed by atoms with E-state index in [1.165, 1.54) is 30.3 Å². The van der Waals surface area contributed by atoms with Gasteiger partial charge in [0.05, 0.1) is 18.6 Å². The monoisotopic (exact) mass is 434 g/mol. The Kier molecular flexibility index (Phi) is 5.73. The first-order valence-corrected chi connectivity index (χ1v) is 9.61. The van der Waals surface area contributed by atoms with Crippen molar-refractivity contribution in [3.63, 3.8) is 0 Å². The second-order valence-corrected chi connectivity index (χ2v) is 7.46. The minimum absolute atomic E-state index is 0.0132. The zero-order valence-corrected chi connectivity index (χ0v) is 16.2. The molecule has 10 nitrogen and oxygen atoms in total. The van der Waals surface area contributed by atoms with E-state index in [0.717, 1.165) is 0 Å². The average Bonchev–Trinajstić information content (AvgIpc) is 2.76. The Morgan fingerprint density at radius 1 is 0.968 bits per heavy atom. The zero-order valence-electron chi connectivity index (χ0n) is 16.2. The molecule has 2 aromatic rings. The lowest BCUT2D eigenvalue weighted by Gasteiger charge is -2.39. The van der Waals surface area contributed by atoms with Crippen LogP contribution >= 0.6 is 0 Å². The Morgan fingerprint density at radius 2 is 1.74 bits per heavy atom. The molecule has 166 valence electrons. The number of aliphatic hydroxyl groups excluding tert-OH is 4. The Balaban J connectivity index is 1.52. The van der Waals surface area contributed by atoms with Crippen molar-refractivity contribution in [3.05, 3.63) is 47.5 Å². The summed E-state index contributed by atoms with van der Waals surface area (Å²) in [5.74, 6) is -0.405. The summed E-state index contributed by atoms with van der Waals surface area (Å²) in [4.78, 5) is 12.7. The van der Waals surface area contributed by atoms with Crippen molar-refractivity contribution in [1.29, 1.82) is 0 Å². The van der Waals surface area contributed by atoms with Crippen LogP contribution in [0.1, 0.15) is 28.4 Å². The molecule has 2 aliphatic heterocycles. The summed E-state index contributed by atoms with van der Waals surface area (Å²) in [6.07, 6.45) is -7.82. The number of aliphatic hydroxyl groups is 4. The van der Waals surface area contributed by atoms with Crippen molar-refractivity contribution in [1.82, 2.24) is 0 Å². The molecule has 2 heterocycles. The lowest BCUT2D eigenvalue weighted by Crippen LogP contribution is -2.60. The van der Waals surface area contributed by atoms with Crippen LogP contribution in [0.3, 0.4) is 0 Å². The van der Waals surface area contributed by atoms with Crippen LogP contribution in [-0.4, -0.2) is 73.7 Å². The first kappa shape index (κ1) is 21.3. The molecule has 0 spiro atoms. The lowest BCUT2D eigenvalue weighted by atomic mass is 9.96. The Bertz CT molecular complexity index is 975. The molecule has 0 saturated carbocycles. The first-order valence-electron chi connectivity index (χ1n) is 9.61. The second kappa shape index (κ2) is 8.33. The van der Waals surface area contributed by atoms with E-state index in [1.807, 2.05) is 0 Å². The van der Waals surface area contributed by atoms with E-state index in [9.17, 15) is 35.4 Å². The van der Waals surface area contributed by atoms with Gasteiger partial charge in [-0.3, -0.25) is 4.79 Å². The number of carbonyl (C=O) groups is 1. The number of aromatic hydroxyl groups is 2. The number of rotatable bonds is 4. The van der Waals surface area contributed by atoms with Gasteiger partial charge in [-0.25, -0.2) is 0 Å². The summed E-state index contributed by atoms with van der Waals surface area (Å²) < 4.78 is 16.7. The maximum absolute atomic E-state index is 12.7. The highest BCUT2D eigenvalue weighted by molar-refractivity contribution is 6.00. The minimum Gasteiger partial charge on any atom is -0.504 e. The molecule has 1 unspecified atom stereocenters. The van der Waals surface area contributed by atoms with E-state index < -0.39 is 43.4 Å². The van der Waals surface area contributed by atoms with E-state index in [2.05, 4.69) is 0 Å². The highest BCUT2D eigenvalue weighted by Crippen LogP contribution is 2.39. The van der Waals surface area contributed by atoms with Crippen molar-refractivity contribution >= 4 is 5.78 Å². The topological polar surface area (TPSA) is 166 Å². The molecule has 1 fully saturated rings. The number of hydrogen-bond acceptors (Lipinski definition) is 10. The van der Waals surface area contributed by atoms with Crippen LogP contribution in [0.2, 0.25) is 0 Å². The van der Waals surface area contributed by atoms with E-state index in [4.69, 9.17) is 14.2 Å². The van der Waals surface area contributed by atoms with Crippen molar-refractivity contribution in [2.24, 2.45) is 0 Å². The molecular formula is C21H22O10. The molecule has 10 heteroatoms. The van der Waals surface area contributed by atoms with Gasteiger partial charge in [0, 0.05) is 0 Å². The molecule has 2 aromatic carbocycles. The van der Waals surface area contributed by atoms with Crippen LogP contribution in [0.15, 0.2) is 36.4 Å². The van der Waals surface area contributed by atoms with Crippen molar-refractivity contribution in [3.8, 4) is 23.0 Å². The average molecular weight is 434 g/mol. The number of hydrogen-bond donors (Lipinski definition) is 6. The highest BCUT2D eigenvalue weighted by atomic mass is 16.7. The fourth-order valence-electron chi connectivity index (χ4n) is 3.60. The lowest BCUT2D eigenvalue weighted by molar-refractivity contribution is -0.277. The molecule has 2 aliphatic rings. The smallest absolute Gasteiger partial charge is 0.229 e. The largest absolute Gasteiger partial charge is 0.504 e. The standard InChI is InChI=1S/C21H22O10/c22-8-17-18(26)19(27)20(28)21(31-17)29-10-2-4-15-11(6-10)13(24)7-16(30-15)9-1-3-12(23)14(25)5-9/h1-6,16-23,25-28H,7-8H2/t16?,17-,18-,19+,20-,21-/m1/s1. The van der Waals surface area contributed by atoms with Gasteiger partial charge in [0.1, 0.15) is 42.0 Å². The number of phenolic OH excluding ortho intramolecular Hbond substituents is 2. The van der Waals surface area contributed by atoms with Crippen LogP contribution in [-0.2, 0) is 4.74 Å². The van der Waals surface area contributed by atoms with Gasteiger partial charge in [-0.2, -0.15) is 0 Å². The summed E-state index contributed by atoms with van der Waals surface area (Å²) in [5.41, 5.74) is 0.761. The number of fused-ring (bicyclic) bond motifs is 1. The second-order valence-electron chi connectivity index (χ2n) is 7.46. The van der Waals surface area contributed by atoms with Crippen LogP contribution in [0, 0.1) is 0 Å². The Morgan fingerprint density at radius 3 is 2.45 bits per heavy atom. The summed E-state index contributed by atoms with van der Waals surface area (Å²) >= 11 is 0. The molecule has 1 saturated heterocycles. The van der Waals surface area contributed by atoms with Gasteiger partial charge < -0.3 is 44.8 Å². The predicted octanol–water partition coefficient (Wildman–Crippen LogP) is -0.0170. The van der Waals surface area contributed by atoms with Gasteiger partial charge in [-0.1, -0.05) is 6.07 Å². The number of phenols is 2. The van der Waals surface area contributed by atoms with Crippen molar-refractivity contribution < 1.29 is 49.6 Å². The molecule has 0 bridgehead atoms. The van der Waals surface area contributed by atoms with E-state index in [0.29, 0.717) is 5.56 Å². The summed E-state index contributed by atoms with van der Waals surface area (Å²) in [6, 6.07) is 8.57. The fraction of sp³-hybridized carbons (Fsp3) is 0.381. The van der Waals surface area contributed by atoms with E-state index in [-0.39, 0.29) is 40.8 Å². The number of Topliss-reactive ketones (excluding diaryl/α,β-unsaturated/α-hetero) is 1. The third kappa shape index (κ3) is 4.03. The summed E-state index contributed by atoms with van der Waals surface area (Å²) in [6.45, 7) is -0.588. The number of ketones is 1. The minimum atomic E-state index is -1.58. The van der Waals surface area contributed by atoms with Gasteiger partial charge in [0.2, 0.25) is 6.29 Å². The normalized spacial score (nSPS) is 30.4. The maximum atomic E-state index is 12.7. The van der Waals surface area contributed by atoms with Crippen LogP contribution in [0.5, 0.6) is 23.0 Å². The highest BCUT2D eigenvalue weighted by Gasteiger charge is 2.44. The molecular weight excluding hydrogens is 412 g/mol. The molecule has 0 aliphatic carbocycles. The molecule has 4 rings (SSSR count). The fourth-order valence-corrected chi connectivity index (χ4v) is 3.60. The van der Waals surface area contributed by atoms with Crippen LogP contribution < -0.4 is 9.47 Å². The predicted molar refractivity (Wildman–Crippen MR) is 103 cm³/mol. The Labute approximate surface area is 176 Å². The summed E-state index contributed by atoms with van der Waals surface area (Å²) in [7, 11) is 0. The molecule has 31 heavy (non-hydrogen) atoms. The maximum Gasteiger partial charge on any atom is 0.229 e. The molecule has 0 aromatic heterocycles. The SMILES string of the molecule is O=C1CC(c2ccc(O)c(O)c2)Oc2ccc(O[C@@H]3O[C@H](CO)[C@@H](O)[C@H](O)[C@H]3O)cc21. The molecule has 0 radical (unpaired) electrons. The van der Waals surface area contributed by atoms with Crippen LogP contribution in [0.4, 0.5) is 0 Å². The zero-order chi connectivity index (χ0) is 22.3. The van der Waals surface area contributed by atoms with Crippen molar-refractivity contribution in [2.75, 3.05) is 6.61 Å². The van der Waals surface area contributed by atoms with Crippen molar-refractivity contribution in [2.45, 2.75) is 43.2 Å². The van der Waals surface area contributed by atoms with Gasteiger partial charge in [0.25, 0.3) is 0 Å². The van der Waals surface area contributed by atoms with Gasteiger partial charge in [-0.15, -0.1) is 0 Å². The number of ether oxygens (including phenoxy) is 3. The molecule has 6 atom stereocenters. The third-order valence-corrected chi connectivity index (χ3v) is 5.36. The molecule has 0 amide bonds. The Hall–Kier alpha value is -2.89. The van der Waals surface area contributed by atoms with Gasteiger partial charge in [0.15, 0.2) is 17.3 Å². The van der Waals surface area contributed by atoms with Crippen LogP contribution in [0.25, 0.3) is 0 Å². The molecule has 6 N–H and O–H groups in total. The quantitative estimate of drug-likeness (QED) is 0.360. The van der Waals surface area contributed by atoms with E-state index >= 15 is 0 Å². The van der Waals surface area contributed by atoms with Gasteiger partial charge >= 0.3 is 0 Å². The summed E-state index contributed by atoms with van der Waals surface area (Å²) in [5, 5.41) is 58.2.